The molecule has 2 saturated heterocycles. The summed E-state index contributed by atoms with van der Waals surface area (Å²) < 4.78 is 94.0. The first kappa shape index (κ1) is 37.8. The fourth-order valence-electron chi connectivity index (χ4n) is 6.10. The summed E-state index contributed by atoms with van der Waals surface area (Å²) in [6.07, 6.45) is -4.98. The zero-order chi connectivity index (χ0) is 35.8. The molecular formula is C33H35ClF4N6O6S. The van der Waals surface area contributed by atoms with Crippen molar-refractivity contribution < 1.29 is 45.0 Å². The van der Waals surface area contributed by atoms with Crippen molar-refractivity contribution in [1.29, 1.82) is 0 Å². The summed E-state index contributed by atoms with van der Waals surface area (Å²) >= 11 is 0. The summed E-state index contributed by atoms with van der Waals surface area (Å²) in [4.78, 5) is 31.2. The molecule has 2 amide bonds. The minimum absolute atomic E-state index is 0. The number of aromatic nitrogens is 2. The Morgan fingerprint density at radius 1 is 1.00 bits per heavy atom. The van der Waals surface area contributed by atoms with Gasteiger partial charge in [-0.2, -0.15) is 18.3 Å². The molecule has 0 radical (unpaired) electrons. The molecule has 0 bridgehead atoms. The maximum atomic E-state index is 14.2. The summed E-state index contributed by atoms with van der Waals surface area (Å²) in [5.74, 6) is -3.94. The Hall–Kier alpha value is -4.45. The summed E-state index contributed by atoms with van der Waals surface area (Å²) in [6, 6.07) is 10.5. The quantitative estimate of drug-likeness (QED) is 0.237. The number of nitrogens with one attached hydrogen (secondary N) is 2. The number of anilines is 3. The molecular weight excluding hydrogens is 720 g/mol. The normalized spacial score (nSPS) is 16.1. The summed E-state index contributed by atoms with van der Waals surface area (Å²) in [7, 11) is -1.05. The van der Waals surface area contributed by atoms with Gasteiger partial charge in [0.25, 0.3) is 5.91 Å². The molecule has 1 aromatic heterocycles. The molecule has 2 aliphatic heterocycles. The third kappa shape index (κ3) is 7.90. The maximum Gasteiger partial charge on any atom is 0.471 e. The number of benzene rings is 3. The molecule has 0 aliphatic carbocycles. The lowest BCUT2D eigenvalue weighted by molar-refractivity contribution is -0.171. The number of rotatable bonds is 8. The fourth-order valence-corrected chi connectivity index (χ4v) is 7.43. The van der Waals surface area contributed by atoms with E-state index in [9.17, 15) is 35.6 Å². The van der Waals surface area contributed by atoms with Crippen LogP contribution in [0.5, 0.6) is 5.75 Å². The molecule has 4 aromatic rings. The number of H-pyrrole nitrogens is 1. The number of carbonyl (C=O) groups is 2. The van der Waals surface area contributed by atoms with E-state index in [0.29, 0.717) is 42.3 Å². The Bertz CT molecular complexity index is 2030. The van der Waals surface area contributed by atoms with Crippen molar-refractivity contribution >= 4 is 62.2 Å². The molecule has 6 rings (SSSR count). The predicted octanol–water partition coefficient (Wildman–Crippen LogP) is 5.04. The van der Waals surface area contributed by atoms with Gasteiger partial charge in [-0.05, 0) is 68.4 Å². The topological polar surface area (TPSA) is 137 Å². The number of halogens is 5. The Morgan fingerprint density at radius 3 is 2.37 bits per heavy atom. The van der Waals surface area contributed by atoms with Crippen molar-refractivity contribution in [3.8, 4) is 5.75 Å². The molecule has 0 atom stereocenters. The minimum atomic E-state index is -5.23. The smallest absolute Gasteiger partial charge is 0.471 e. The standard InChI is InChI=1S/C33H34F4N6O6S.ClH/c1-41-9-11-42(12-10-41)22-3-5-26(29(17-22)43(32(45)33(35,36)37)21-7-13-49-14-8-21)31(44)38-30-27-19-24(4-6-28(27)39-40-30)50(46,47)25-16-20(34)15-23(18-25)48-2;/h3-6,15-19,21H,7-14H2,1-2H3,(H2,38,39,40,44);1H. The Morgan fingerprint density at radius 2 is 1.71 bits per heavy atom. The average molecular weight is 755 g/mol. The first-order valence-electron chi connectivity index (χ1n) is 15.7. The molecule has 18 heteroatoms. The first-order chi connectivity index (χ1) is 23.8. The number of aromatic amines is 1. The van der Waals surface area contributed by atoms with Crippen LogP contribution in [-0.4, -0.2) is 101 Å². The third-order valence-corrected chi connectivity index (χ3v) is 10.6. The van der Waals surface area contributed by atoms with E-state index in [1.807, 2.05) is 11.9 Å². The van der Waals surface area contributed by atoms with Crippen molar-refractivity contribution in [3.63, 3.8) is 0 Å². The number of methoxy groups -OCH3 is 1. The lowest BCUT2D eigenvalue weighted by Crippen LogP contribution is -2.50. The monoisotopic (exact) mass is 754 g/mol. The number of fused-ring (bicyclic) bond motifs is 1. The number of hydrogen-bond donors (Lipinski definition) is 2. The second kappa shape index (κ2) is 15.0. The van der Waals surface area contributed by atoms with Gasteiger partial charge in [0, 0.05) is 62.6 Å². The van der Waals surface area contributed by atoms with Gasteiger partial charge in [0.2, 0.25) is 9.84 Å². The van der Waals surface area contributed by atoms with Gasteiger partial charge in [0.1, 0.15) is 11.6 Å². The lowest BCUT2D eigenvalue weighted by Gasteiger charge is -2.37. The van der Waals surface area contributed by atoms with Crippen LogP contribution in [0.2, 0.25) is 0 Å². The maximum absolute atomic E-state index is 14.2. The average Bonchev–Trinajstić information content (AvgIpc) is 3.50. The number of likely N-dealkylation sites (N-methyl/N-ethyl adjacent to an activating group) is 1. The highest BCUT2D eigenvalue weighted by atomic mass is 35.5. The third-order valence-electron chi connectivity index (χ3n) is 8.84. The van der Waals surface area contributed by atoms with Crippen LogP contribution in [0.1, 0.15) is 23.2 Å². The highest BCUT2D eigenvalue weighted by Gasteiger charge is 2.46. The molecule has 2 fully saturated rings. The van der Waals surface area contributed by atoms with Crippen LogP contribution in [0, 0.1) is 5.82 Å². The van der Waals surface area contributed by atoms with E-state index in [1.54, 1.807) is 6.07 Å². The second-order valence-corrected chi connectivity index (χ2v) is 14.0. The van der Waals surface area contributed by atoms with E-state index in [4.69, 9.17) is 9.47 Å². The number of nitrogens with zero attached hydrogens (tertiary/aromatic N) is 4. The molecule has 0 saturated carbocycles. The number of hydrogen-bond acceptors (Lipinski definition) is 9. The Balaban J connectivity index is 0.00000504. The molecule has 51 heavy (non-hydrogen) atoms. The summed E-state index contributed by atoms with van der Waals surface area (Å²) in [5, 5.41) is 9.56. The molecule has 0 unspecified atom stereocenters. The minimum Gasteiger partial charge on any atom is -0.497 e. The van der Waals surface area contributed by atoms with Gasteiger partial charge in [-0.3, -0.25) is 14.7 Å². The van der Waals surface area contributed by atoms with E-state index >= 15 is 0 Å². The Kier molecular flexibility index (Phi) is 11.1. The van der Waals surface area contributed by atoms with Crippen LogP contribution in [0.3, 0.4) is 0 Å². The van der Waals surface area contributed by atoms with Gasteiger partial charge in [-0.15, -0.1) is 12.4 Å². The van der Waals surface area contributed by atoms with Crippen molar-refractivity contribution in [2.24, 2.45) is 0 Å². The number of sulfone groups is 1. The molecule has 2 N–H and O–H groups in total. The van der Waals surface area contributed by atoms with Crippen LogP contribution in [-0.2, 0) is 19.4 Å². The fraction of sp³-hybridized carbons (Fsp3) is 0.364. The number of carbonyl (C=O) groups excluding carboxylic acids is 2. The summed E-state index contributed by atoms with van der Waals surface area (Å²) in [6.45, 7) is 2.86. The largest absolute Gasteiger partial charge is 0.497 e. The molecule has 3 aromatic carbocycles. The molecule has 274 valence electrons. The van der Waals surface area contributed by atoms with Crippen LogP contribution in [0.25, 0.3) is 10.9 Å². The van der Waals surface area contributed by atoms with Gasteiger partial charge >= 0.3 is 12.1 Å². The first-order valence-corrected chi connectivity index (χ1v) is 17.2. The van der Waals surface area contributed by atoms with Gasteiger partial charge in [0.15, 0.2) is 5.82 Å². The zero-order valence-electron chi connectivity index (χ0n) is 27.5. The van der Waals surface area contributed by atoms with E-state index in [1.165, 1.54) is 43.5 Å². The highest BCUT2D eigenvalue weighted by molar-refractivity contribution is 7.91. The zero-order valence-corrected chi connectivity index (χ0v) is 29.1. The number of amides is 2. The SMILES string of the molecule is COc1cc(F)cc(S(=O)(=O)c2ccc3[nH]nc(NC(=O)c4ccc(N5CCN(C)CC5)cc4N(C(=O)C(F)(F)F)C4CCOCC4)c3c2)c1.Cl. The van der Waals surface area contributed by atoms with Gasteiger partial charge < -0.3 is 29.5 Å². The van der Waals surface area contributed by atoms with Crippen LogP contribution >= 0.6 is 12.4 Å². The van der Waals surface area contributed by atoms with Crippen molar-refractivity contribution in [3.05, 3.63) is 66.0 Å². The van der Waals surface area contributed by atoms with Crippen molar-refractivity contribution in [2.75, 3.05) is 68.7 Å². The van der Waals surface area contributed by atoms with Gasteiger partial charge in [-0.1, -0.05) is 0 Å². The van der Waals surface area contributed by atoms with Crippen LogP contribution in [0.4, 0.5) is 34.8 Å². The predicted molar refractivity (Wildman–Crippen MR) is 183 cm³/mol. The molecule has 3 heterocycles. The van der Waals surface area contributed by atoms with E-state index in [2.05, 4.69) is 20.4 Å². The molecule has 12 nitrogen and oxygen atoms in total. The van der Waals surface area contributed by atoms with Gasteiger partial charge in [-0.25, -0.2) is 12.8 Å². The molecule has 0 spiro atoms. The van der Waals surface area contributed by atoms with E-state index in [0.717, 1.165) is 12.1 Å². The molecule has 2 aliphatic rings. The van der Waals surface area contributed by atoms with Gasteiger partial charge in [0.05, 0.1) is 33.7 Å². The van der Waals surface area contributed by atoms with Crippen LogP contribution in [0.15, 0.2) is 64.4 Å². The highest BCUT2D eigenvalue weighted by Crippen LogP contribution is 2.36. The number of piperazine rings is 1. The van der Waals surface area contributed by atoms with Crippen LogP contribution < -0.4 is 19.9 Å². The lowest BCUT2D eigenvalue weighted by atomic mass is 10.0. The van der Waals surface area contributed by atoms with E-state index < -0.39 is 39.7 Å². The number of alkyl halides is 3. The Labute approximate surface area is 297 Å². The second-order valence-electron chi connectivity index (χ2n) is 12.1. The summed E-state index contributed by atoms with van der Waals surface area (Å²) in [5.41, 5.74) is 0.429. The van der Waals surface area contributed by atoms with Crippen molar-refractivity contribution in [2.45, 2.75) is 34.9 Å². The van der Waals surface area contributed by atoms with Crippen molar-refractivity contribution in [1.82, 2.24) is 15.1 Å². The number of ether oxygens (including phenoxy) is 2. The van der Waals surface area contributed by atoms with E-state index in [-0.39, 0.29) is 76.5 Å².